The quantitative estimate of drug-likeness (QED) is 0.719. The average Bonchev–Trinajstić information content (AvgIpc) is 2.65. The van der Waals surface area contributed by atoms with Gasteiger partial charge in [0, 0.05) is 24.4 Å². The molecule has 0 atom stereocenters. The lowest BCUT2D eigenvalue weighted by atomic mass is 10.1. The number of methoxy groups -OCH3 is 2. The lowest BCUT2D eigenvalue weighted by Gasteiger charge is -2.13. The van der Waals surface area contributed by atoms with Crippen LogP contribution in [-0.4, -0.2) is 29.3 Å². The number of pyridine rings is 2. The number of hydrogen-bond donors (Lipinski definition) is 2. The van der Waals surface area contributed by atoms with E-state index in [4.69, 9.17) is 9.47 Å². The number of nitrogens with zero attached hydrogens (tertiary/aromatic N) is 2. The zero-order valence-electron chi connectivity index (χ0n) is 14.5. The normalized spacial score (nSPS) is 10.7. The first-order valence-corrected chi connectivity index (χ1v) is 7.96. The minimum atomic E-state index is -0.0513. The zero-order valence-corrected chi connectivity index (χ0v) is 14.5. The fourth-order valence-corrected chi connectivity index (χ4v) is 2.63. The molecule has 3 rings (SSSR count). The molecule has 0 spiro atoms. The van der Waals surface area contributed by atoms with E-state index in [1.807, 2.05) is 37.3 Å². The van der Waals surface area contributed by atoms with Crippen LogP contribution < -0.4 is 14.8 Å². The molecule has 0 aliphatic rings. The molecule has 1 aromatic carbocycles. The van der Waals surface area contributed by atoms with Crippen LogP contribution in [0.2, 0.25) is 0 Å². The minimum absolute atomic E-state index is 0.0513. The summed E-state index contributed by atoms with van der Waals surface area (Å²) in [5, 5.41) is 12.6. The summed E-state index contributed by atoms with van der Waals surface area (Å²) in [5.41, 5.74) is 4.31. The van der Waals surface area contributed by atoms with Crippen LogP contribution in [0.25, 0.3) is 11.0 Å². The van der Waals surface area contributed by atoms with E-state index in [0.29, 0.717) is 6.54 Å². The predicted molar refractivity (Wildman–Crippen MR) is 97.1 cm³/mol. The maximum atomic E-state index is 9.27. The highest BCUT2D eigenvalue weighted by atomic mass is 16.5. The molecule has 0 unspecified atom stereocenters. The minimum Gasteiger partial charge on any atom is -0.497 e. The molecule has 6 heteroatoms. The van der Waals surface area contributed by atoms with Crippen LogP contribution in [0.15, 0.2) is 36.5 Å². The molecule has 2 N–H and O–H groups in total. The summed E-state index contributed by atoms with van der Waals surface area (Å²) >= 11 is 0. The van der Waals surface area contributed by atoms with Gasteiger partial charge in [0.1, 0.15) is 17.3 Å². The van der Waals surface area contributed by atoms with Crippen molar-refractivity contribution in [2.24, 2.45) is 0 Å². The summed E-state index contributed by atoms with van der Waals surface area (Å²) in [5.74, 6) is 2.29. The van der Waals surface area contributed by atoms with Crippen molar-refractivity contribution in [1.82, 2.24) is 9.97 Å². The Morgan fingerprint density at radius 1 is 1.08 bits per heavy atom. The Bertz CT molecular complexity index is 896. The molecule has 0 saturated heterocycles. The molecular weight excluding hydrogens is 318 g/mol. The first-order valence-electron chi connectivity index (χ1n) is 7.96. The average molecular weight is 339 g/mol. The molecule has 0 aliphatic heterocycles. The number of fused-ring (bicyclic) bond motifs is 1. The van der Waals surface area contributed by atoms with Crippen LogP contribution in [0.3, 0.4) is 0 Å². The fourth-order valence-electron chi connectivity index (χ4n) is 2.63. The molecule has 3 aromatic rings. The van der Waals surface area contributed by atoms with Crippen molar-refractivity contribution < 1.29 is 14.6 Å². The monoisotopic (exact) mass is 339 g/mol. The largest absolute Gasteiger partial charge is 0.497 e. The maximum Gasteiger partial charge on any atom is 0.130 e. The van der Waals surface area contributed by atoms with Crippen molar-refractivity contribution in [3.05, 3.63) is 53.2 Å². The van der Waals surface area contributed by atoms with Crippen LogP contribution in [0.5, 0.6) is 11.5 Å². The van der Waals surface area contributed by atoms with Crippen LogP contribution >= 0.6 is 0 Å². The topological polar surface area (TPSA) is 76.5 Å². The molecule has 2 aromatic heterocycles. The van der Waals surface area contributed by atoms with E-state index in [1.54, 1.807) is 20.4 Å². The third-order valence-corrected chi connectivity index (χ3v) is 4.04. The Balaban J connectivity index is 1.86. The number of aliphatic hydroxyl groups is 1. The number of aliphatic hydroxyl groups excluding tert-OH is 1. The van der Waals surface area contributed by atoms with E-state index in [9.17, 15) is 5.11 Å². The SMILES string of the molecule is COc1ccc(CNc2nc3cc(CO)cnc3cc2C)c(OC)c1. The smallest absolute Gasteiger partial charge is 0.130 e. The van der Waals surface area contributed by atoms with Gasteiger partial charge in [0.2, 0.25) is 0 Å². The summed E-state index contributed by atoms with van der Waals surface area (Å²) in [6.07, 6.45) is 1.67. The van der Waals surface area contributed by atoms with Gasteiger partial charge in [0.15, 0.2) is 0 Å². The van der Waals surface area contributed by atoms with E-state index in [0.717, 1.165) is 45.0 Å². The molecule has 25 heavy (non-hydrogen) atoms. The van der Waals surface area contributed by atoms with Crippen LogP contribution in [-0.2, 0) is 13.2 Å². The highest BCUT2D eigenvalue weighted by Crippen LogP contribution is 2.26. The Morgan fingerprint density at radius 3 is 2.64 bits per heavy atom. The lowest BCUT2D eigenvalue weighted by molar-refractivity contribution is 0.281. The maximum absolute atomic E-state index is 9.27. The Labute approximate surface area is 146 Å². The number of ether oxygens (including phenoxy) is 2. The van der Waals surface area contributed by atoms with Crippen molar-refractivity contribution in [2.75, 3.05) is 19.5 Å². The summed E-state index contributed by atoms with van der Waals surface area (Å²) in [6.45, 7) is 2.51. The standard InChI is InChI=1S/C19H21N3O3/c1-12-6-16-17(7-13(11-23)9-20-16)22-19(12)21-10-14-4-5-15(24-2)8-18(14)25-3/h4-9,23H,10-11H2,1-3H3,(H,21,22). The van der Waals surface area contributed by atoms with Crippen molar-refractivity contribution in [3.8, 4) is 11.5 Å². The number of aryl methyl sites for hydroxylation is 1. The predicted octanol–water partition coefficient (Wildman–Crippen LogP) is 3.06. The Hall–Kier alpha value is -2.86. The highest BCUT2D eigenvalue weighted by molar-refractivity contribution is 5.78. The van der Waals surface area contributed by atoms with Gasteiger partial charge in [0.05, 0.1) is 31.9 Å². The fraction of sp³-hybridized carbons (Fsp3) is 0.263. The van der Waals surface area contributed by atoms with Crippen molar-refractivity contribution >= 4 is 16.9 Å². The third-order valence-electron chi connectivity index (χ3n) is 4.04. The Morgan fingerprint density at radius 2 is 1.92 bits per heavy atom. The van der Waals surface area contributed by atoms with Crippen molar-refractivity contribution in [2.45, 2.75) is 20.1 Å². The summed E-state index contributed by atoms with van der Waals surface area (Å²) < 4.78 is 10.7. The second-order valence-electron chi connectivity index (χ2n) is 5.73. The van der Waals surface area contributed by atoms with Crippen molar-refractivity contribution in [3.63, 3.8) is 0 Å². The molecule has 0 aliphatic carbocycles. The third kappa shape index (κ3) is 3.64. The number of anilines is 1. The summed E-state index contributed by atoms with van der Waals surface area (Å²) in [4.78, 5) is 8.97. The summed E-state index contributed by atoms with van der Waals surface area (Å²) in [6, 6.07) is 9.55. The van der Waals surface area contributed by atoms with Crippen molar-refractivity contribution in [1.29, 1.82) is 0 Å². The van der Waals surface area contributed by atoms with Gasteiger partial charge < -0.3 is 19.9 Å². The molecule has 130 valence electrons. The molecule has 6 nitrogen and oxygen atoms in total. The van der Waals surface area contributed by atoms with E-state index < -0.39 is 0 Å². The van der Waals surface area contributed by atoms with Gasteiger partial charge in [-0.2, -0.15) is 0 Å². The molecule has 0 fully saturated rings. The first kappa shape index (κ1) is 17.0. The van der Waals surface area contributed by atoms with Gasteiger partial charge in [-0.15, -0.1) is 0 Å². The first-order chi connectivity index (χ1) is 12.1. The van der Waals surface area contributed by atoms with Crippen LogP contribution in [0.4, 0.5) is 5.82 Å². The second kappa shape index (κ2) is 7.36. The molecule has 0 bridgehead atoms. The highest BCUT2D eigenvalue weighted by Gasteiger charge is 2.08. The van der Waals surface area contributed by atoms with Gasteiger partial charge in [-0.1, -0.05) is 0 Å². The van der Waals surface area contributed by atoms with E-state index >= 15 is 0 Å². The van der Waals surface area contributed by atoms with Gasteiger partial charge in [0.25, 0.3) is 0 Å². The molecule has 0 saturated carbocycles. The summed E-state index contributed by atoms with van der Waals surface area (Å²) in [7, 11) is 3.27. The van der Waals surface area contributed by atoms with Gasteiger partial charge in [-0.3, -0.25) is 4.98 Å². The molecule has 0 radical (unpaired) electrons. The van der Waals surface area contributed by atoms with Gasteiger partial charge >= 0.3 is 0 Å². The number of rotatable bonds is 6. The number of nitrogens with one attached hydrogen (secondary N) is 1. The van der Waals surface area contributed by atoms with E-state index in [1.165, 1.54) is 0 Å². The lowest BCUT2D eigenvalue weighted by Crippen LogP contribution is -2.05. The number of hydrogen-bond acceptors (Lipinski definition) is 6. The molecular formula is C19H21N3O3. The molecule has 2 heterocycles. The zero-order chi connectivity index (χ0) is 17.8. The van der Waals surface area contributed by atoms with Gasteiger partial charge in [-0.25, -0.2) is 4.98 Å². The van der Waals surface area contributed by atoms with Crippen LogP contribution in [0.1, 0.15) is 16.7 Å². The van der Waals surface area contributed by atoms with E-state index in [2.05, 4.69) is 15.3 Å². The Kier molecular flexibility index (Phi) is 5.00. The second-order valence-corrected chi connectivity index (χ2v) is 5.73. The molecule has 0 amide bonds. The van der Waals surface area contributed by atoms with Crippen LogP contribution in [0, 0.1) is 6.92 Å². The number of aromatic nitrogens is 2. The van der Waals surface area contributed by atoms with E-state index in [-0.39, 0.29) is 6.61 Å². The van der Waals surface area contributed by atoms with Gasteiger partial charge in [-0.05, 0) is 42.3 Å². The number of benzene rings is 1.